The summed E-state index contributed by atoms with van der Waals surface area (Å²) in [6.07, 6.45) is 4.77. The Balaban J connectivity index is 1.61. The zero-order valence-electron chi connectivity index (χ0n) is 17.8. The topological polar surface area (TPSA) is 101 Å². The molecule has 2 aliphatic carbocycles. The van der Waals surface area contributed by atoms with Crippen molar-refractivity contribution in [1.82, 2.24) is 9.88 Å². The summed E-state index contributed by atoms with van der Waals surface area (Å²) in [6, 6.07) is 6.42. The Labute approximate surface area is 178 Å². The van der Waals surface area contributed by atoms with Gasteiger partial charge in [-0.3, -0.25) is 4.98 Å². The van der Waals surface area contributed by atoms with Gasteiger partial charge in [-0.2, -0.15) is 0 Å². The van der Waals surface area contributed by atoms with E-state index >= 15 is 0 Å². The third-order valence-electron chi connectivity index (χ3n) is 5.86. The van der Waals surface area contributed by atoms with Gasteiger partial charge in [0.2, 0.25) is 0 Å². The molecule has 2 atom stereocenters. The van der Waals surface area contributed by atoms with Crippen molar-refractivity contribution in [1.29, 1.82) is 0 Å². The first kappa shape index (κ1) is 21.0. The third kappa shape index (κ3) is 4.12. The number of nitrogens with two attached hydrogens (primary N) is 1. The van der Waals surface area contributed by atoms with Gasteiger partial charge < -0.3 is 10.2 Å². The minimum Gasteiger partial charge on any atom is -0.305 e. The highest BCUT2D eigenvalue weighted by Crippen LogP contribution is 2.41. The SMILES string of the molecule is CC1CCc2c1nc1c(c2NC(=O)N=[S@@](N)(=O)c2ccc(CN(C)C)cc2)CCC1. The van der Waals surface area contributed by atoms with Crippen molar-refractivity contribution < 1.29 is 9.00 Å². The first-order valence-corrected chi connectivity index (χ1v) is 12.0. The number of aromatic nitrogens is 1. The number of hydrogen-bond donors (Lipinski definition) is 2. The number of nitrogens with zero attached hydrogens (tertiary/aromatic N) is 3. The fourth-order valence-electron chi connectivity index (χ4n) is 4.41. The number of nitrogens with one attached hydrogen (secondary N) is 1. The van der Waals surface area contributed by atoms with Gasteiger partial charge in [-0.15, -0.1) is 4.36 Å². The summed E-state index contributed by atoms with van der Waals surface area (Å²) in [7, 11) is 0.628. The standard InChI is InChI=1S/C22H29N5O2S/c1-14-7-12-18-20(14)24-19-6-4-5-17(19)21(18)25-22(28)26-30(23,29)16-10-8-15(9-11-16)13-27(2)3/h8-11,14H,4-7,12-13H2,1-3H3,(H3,23,24,25,26,28,29)/t14?,30-/m1/s1. The summed E-state index contributed by atoms with van der Waals surface area (Å²) in [5.74, 6) is 0.387. The predicted octanol–water partition coefficient (Wildman–Crippen LogP) is 3.61. The first-order chi connectivity index (χ1) is 14.2. The van der Waals surface area contributed by atoms with Crippen LogP contribution in [-0.4, -0.2) is 34.2 Å². The molecule has 30 heavy (non-hydrogen) atoms. The van der Waals surface area contributed by atoms with E-state index in [-0.39, 0.29) is 0 Å². The molecule has 1 aromatic carbocycles. The molecular formula is C22H29N5O2S. The van der Waals surface area contributed by atoms with E-state index in [1.54, 1.807) is 12.1 Å². The van der Waals surface area contributed by atoms with Gasteiger partial charge >= 0.3 is 6.03 Å². The van der Waals surface area contributed by atoms with Crippen molar-refractivity contribution in [3.63, 3.8) is 0 Å². The number of carbonyl (C=O) groups is 1. The maximum absolute atomic E-state index is 13.0. The number of fused-ring (bicyclic) bond motifs is 2. The molecule has 0 saturated carbocycles. The van der Waals surface area contributed by atoms with Crippen molar-refractivity contribution in [3.8, 4) is 0 Å². The second kappa shape index (κ2) is 8.09. The normalized spacial score (nSPS) is 19.3. The number of pyridine rings is 1. The van der Waals surface area contributed by atoms with E-state index in [4.69, 9.17) is 10.1 Å². The van der Waals surface area contributed by atoms with E-state index in [0.717, 1.165) is 72.4 Å². The lowest BCUT2D eigenvalue weighted by Gasteiger charge is -2.15. The number of amides is 2. The van der Waals surface area contributed by atoms with Gasteiger partial charge in [-0.05, 0) is 80.9 Å². The second-order valence-corrected chi connectivity index (χ2v) is 10.3. The number of urea groups is 1. The predicted molar refractivity (Wildman–Crippen MR) is 119 cm³/mol. The van der Waals surface area contributed by atoms with E-state index in [1.165, 1.54) is 0 Å². The molecule has 2 aromatic rings. The smallest absolute Gasteiger partial charge is 0.305 e. The number of benzene rings is 1. The zero-order chi connectivity index (χ0) is 21.5. The number of hydrogen-bond acceptors (Lipinski definition) is 4. The highest BCUT2D eigenvalue weighted by Gasteiger charge is 2.30. The Bertz CT molecular complexity index is 1100. The van der Waals surface area contributed by atoms with Gasteiger partial charge in [0.1, 0.15) is 9.92 Å². The van der Waals surface area contributed by atoms with Crippen molar-refractivity contribution >= 4 is 21.6 Å². The van der Waals surface area contributed by atoms with Crippen LogP contribution in [-0.2, 0) is 35.7 Å². The molecular weight excluding hydrogens is 398 g/mol. The quantitative estimate of drug-likeness (QED) is 0.778. The van der Waals surface area contributed by atoms with Gasteiger partial charge in [0.15, 0.2) is 0 Å². The molecule has 2 aliphatic rings. The molecule has 4 rings (SSSR count). The Morgan fingerprint density at radius 1 is 1.23 bits per heavy atom. The average Bonchev–Trinajstić information content (AvgIpc) is 3.28. The second-order valence-electron chi connectivity index (χ2n) is 8.54. The van der Waals surface area contributed by atoms with Crippen LogP contribution >= 0.6 is 0 Å². The molecule has 0 aliphatic heterocycles. The lowest BCUT2D eigenvalue weighted by Crippen LogP contribution is -2.19. The van der Waals surface area contributed by atoms with Crippen molar-refractivity contribution in [2.24, 2.45) is 9.50 Å². The van der Waals surface area contributed by atoms with E-state index in [2.05, 4.69) is 16.6 Å². The Morgan fingerprint density at radius 2 is 1.97 bits per heavy atom. The largest absolute Gasteiger partial charge is 0.354 e. The van der Waals surface area contributed by atoms with Crippen LogP contribution in [0.4, 0.5) is 10.5 Å². The number of rotatable bonds is 4. The minimum atomic E-state index is -3.33. The highest BCUT2D eigenvalue weighted by molar-refractivity contribution is 7.91. The van der Waals surface area contributed by atoms with Gasteiger partial charge in [0, 0.05) is 17.9 Å². The molecule has 8 heteroatoms. The summed E-state index contributed by atoms with van der Waals surface area (Å²) >= 11 is 0. The molecule has 0 spiro atoms. The fourth-order valence-corrected chi connectivity index (χ4v) is 5.34. The van der Waals surface area contributed by atoms with E-state index in [9.17, 15) is 9.00 Å². The Hall–Kier alpha value is -2.29. The molecule has 0 radical (unpaired) electrons. The summed E-state index contributed by atoms with van der Waals surface area (Å²) < 4.78 is 16.8. The number of carbonyl (C=O) groups excluding carboxylic acids is 1. The zero-order valence-corrected chi connectivity index (χ0v) is 18.6. The monoisotopic (exact) mass is 427 g/mol. The van der Waals surface area contributed by atoms with Crippen LogP contribution in [0.5, 0.6) is 0 Å². The first-order valence-electron chi connectivity index (χ1n) is 10.4. The third-order valence-corrected chi connectivity index (χ3v) is 7.25. The molecule has 7 nitrogen and oxygen atoms in total. The van der Waals surface area contributed by atoms with Crippen LogP contribution in [0.25, 0.3) is 0 Å². The molecule has 1 unspecified atom stereocenters. The molecule has 1 aromatic heterocycles. The van der Waals surface area contributed by atoms with Crippen LogP contribution < -0.4 is 10.5 Å². The fraction of sp³-hybridized carbons (Fsp3) is 0.455. The van der Waals surface area contributed by atoms with Crippen molar-refractivity contribution in [2.75, 3.05) is 19.4 Å². The molecule has 1 heterocycles. The molecule has 2 amide bonds. The molecule has 0 saturated heterocycles. The van der Waals surface area contributed by atoms with Crippen LogP contribution in [0.3, 0.4) is 0 Å². The van der Waals surface area contributed by atoms with Crippen LogP contribution in [0.2, 0.25) is 0 Å². The van der Waals surface area contributed by atoms with E-state index in [1.807, 2.05) is 31.1 Å². The molecule has 3 N–H and O–H groups in total. The summed E-state index contributed by atoms with van der Waals surface area (Å²) in [6.45, 7) is 2.93. The highest BCUT2D eigenvalue weighted by atomic mass is 32.2. The lowest BCUT2D eigenvalue weighted by molar-refractivity contribution is 0.260. The van der Waals surface area contributed by atoms with Crippen molar-refractivity contribution in [2.45, 2.75) is 56.4 Å². The maximum Gasteiger partial charge on any atom is 0.354 e. The summed E-state index contributed by atoms with van der Waals surface area (Å²) in [5.41, 5.74) is 6.24. The van der Waals surface area contributed by atoms with Gasteiger partial charge in [-0.25, -0.2) is 14.1 Å². The number of anilines is 1. The Morgan fingerprint density at radius 3 is 2.67 bits per heavy atom. The van der Waals surface area contributed by atoms with Crippen LogP contribution in [0, 0.1) is 0 Å². The number of aryl methyl sites for hydroxylation is 1. The maximum atomic E-state index is 13.0. The van der Waals surface area contributed by atoms with Gasteiger partial charge in [0.25, 0.3) is 0 Å². The lowest BCUT2D eigenvalue weighted by atomic mass is 10.0. The van der Waals surface area contributed by atoms with E-state index < -0.39 is 15.9 Å². The van der Waals surface area contributed by atoms with Crippen LogP contribution in [0.1, 0.15) is 53.8 Å². The molecule has 0 fully saturated rings. The van der Waals surface area contributed by atoms with E-state index in [0.29, 0.717) is 10.8 Å². The summed E-state index contributed by atoms with van der Waals surface area (Å²) in [4.78, 5) is 20.0. The summed E-state index contributed by atoms with van der Waals surface area (Å²) in [5, 5.41) is 8.88. The molecule has 160 valence electrons. The Kier molecular flexibility index (Phi) is 5.65. The minimum absolute atomic E-state index is 0.346. The van der Waals surface area contributed by atoms with Gasteiger partial charge in [-0.1, -0.05) is 19.1 Å². The van der Waals surface area contributed by atoms with Gasteiger partial charge in [0.05, 0.1) is 10.6 Å². The van der Waals surface area contributed by atoms with Crippen molar-refractivity contribution in [3.05, 3.63) is 52.3 Å². The average molecular weight is 428 g/mol. The molecule has 0 bridgehead atoms. The van der Waals surface area contributed by atoms with Crippen LogP contribution in [0.15, 0.2) is 33.5 Å².